The minimum absolute atomic E-state index is 0. The van der Waals surface area contributed by atoms with Gasteiger partial charge in [-0.15, -0.1) is 12.4 Å². The van der Waals surface area contributed by atoms with Gasteiger partial charge in [-0.2, -0.15) is 0 Å². The Labute approximate surface area is 140 Å². The molecule has 1 atom stereocenters. The van der Waals surface area contributed by atoms with Crippen LogP contribution in [0.1, 0.15) is 18.0 Å². The van der Waals surface area contributed by atoms with Crippen LogP contribution in [0.15, 0.2) is 12.1 Å². The number of alkyl halides is 2. The fraction of sp³-hybridized carbons (Fsp3) is 0.600. The highest BCUT2D eigenvalue weighted by Crippen LogP contribution is 2.36. The fourth-order valence-electron chi connectivity index (χ4n) is 2.76. The van der Waals surface area contributed by atoms with Gasteiger partial charge in [0, 0.05) is 50.3 Å². The van der Waals surface area contributed by atoms with Crippen molar-refractivity contribution < 1.29 is 22.6 Å². The molecule has 1 saturated heterocycles. The first-order valence-electron chi connectivity index (χ1n) is 7.21. The second-order valence-electron chi connectivity index (χ2n) is 5.16. The number of nitrogens with one attached hydrogen (secondary N) is 1. The first kappa shape index (κ1) is 19.9. The second kappa shape index (κ2) is 9.20. The van der Waals surface area contributed by atoms with Gasteiger partial charge in [0.15, 0.2) is 11.5 Å². The molecule has 8 heteroatoms. The molecule has 1 aromatic rings. The molecule has 0 unspecified atom stereocenters. The minimum atomic E-state index is -2.51. The number of halogens is 4. The lowest BCUT2D eigenvalue weighted by Gasteiger charge is -2.35. The zero-order valence-electron chi connectivity index (χ0n) is 13.2. The Morgan fingerprint density at radius 3 is 2.22 bits per heavy atom. The molecule has 0 aliphatic carbocycles. The van der Waals surface area contributed by atoms with Crippen molar-refractivity contribution in [1.82, 2.24) is 10.2 Å². The molecule has 2 rings (SSSR count). The van der Waals surface area contributed by atoms with Crippen LogP contribution in [-0.2, 0) is 0 Å². The minimum Gasteiger partial charge on any atom is -0.493 e. The normalized spacial score (nSPS) is 16.8. The summed E-state index contributed by atoms with van der Waals surface area (Å²) in [6.45, 7) is 2.61. The lowest BCUT2D eigenvalue weighted by Crippen LogP contribution is -2.45. The van der Waals surface area contributed by atoms with Gasteiger partial charge in [0.25, 0.3) is 0 Å². The first-order valence-corrected chi connectivity index (χ1v) is 7.21. The molecule has 0 saturated carbocycles. The Hall–Kier alpha value is -1.18. The highest BCUT2D eigenvalue weighted by molar-refractivity contribution is 5.85. The molecule has 0 radical (unpaired) electrons. The summed E-state index contributed by atoms with van der Waals surface area (Å²) in [5.74, 6) is 0.0370. The van der Waals surface area contributed by atoms with Gasteiger partial charge in [0.1, 0.15) is 5.82 Å². The summed E-state index contributed by atoms with van der Waals surface area (Å²) in [5, 5.41) is 3.16. The molecule has 4 nitrogen and oxygen atoms in total. The number of benzene rings is 1. The van der Waals surface area contributed by atoms with Crippen molar-refractivity contribution in [3.05, 3.63) is 23.5 Å². The van der Waals surface area contributed by atoms with E-state index < -0.39 is 24.7 Å². The highest BCUT2D eigenvalue weighted by Gasteiger charge is 2.28. The summed E-state index contributed by atoms with van der Waals surface area (Å²) < 4.78 is 50.5. The van der Waals surface area contributed by atoms with E-state index >= 15 is 0 Å². The average Bonchev–Trinajstić information content (AvgIpc) is 2.53. The van der Waals surface area contributed by atoms with E-state index in [0.717, 1.165) is 0 Å². The number of hydrogen-bond acceptors (Lipinski definition) is 4. The summed E-state index contributed by atoms with van der Waals surface area (Å²) in [5.41, 5.74) is 0.222. The van der Waals surface area contributed by atoms with Crippen molar-refractivity contribution in [2.45, 2.75) is 18.9 Å². The predicted molar refractivity (Wildman–Crippen MR) is 84.6 cm³/mol. The maximum atomic E-state index is 14.4. The van der Waals surface area contributed by atoms with Gasteiger partial charge < -0.3 is 14.8 Å². The number of methoxy groups -OCH3 is 2. The van der Waals surface area contributed by atoms with Gasteiger partial charge in [0.2, 0.25) is 6.43 Å². The summed E-state index contributed by atoms with van der Waals surface area (Å²) in [7, 11) is 2.84. The zero-order valence-corrected chi connectivity index (χ0v) is 14.0. The molecule has 1 fully saturated rings. The van der Waals surface area contributed by atoms with E-state index in [1.807, 2.05) is 4.90 Å². The number of rotatable bonds is 6. The summed E-state index contributed by atoms with van der Waals surface area (Å²) in [6, 6.07) is 1.97. The number of ether oxygens (including phenoxy) is 2. The van der Waals surface area contributed by atoms with Crippen molar-refractivity contribution in [2.75, 3.05) is 40.4 Å². The Kier molecular flexibility index (Phi) is 7.94. The molecule has 1 aliphatic rings. The van der Waals surface area contributed by atoms with E-state index in [2.05, 4.69) is 5.32 Å². The van der Waals surface area contributed by atoms with Gasteiger partial charge in [-0.1, -0.05) is 0 Å². The number of piperazine rings is 1. The third-order valence-corrected chi connectivity index (χ3v) is 3.86. The molecule has 0 aromatic heterocycles. The molecule has 0 bridgehead atoms. The van der Waals surface area contributed by atoms with E-state index in [-0.39, 0.29) is 23.7 Å². The lowest BCUT2D eigenvalue weighted by atomic mass is 10.00. The standard InChI is InChI=1S/C15H21F3N2O2.ClH/c1-21-13-7-10(11(16)8-14(13)22-2)12(9-15(17)18)20-5-3-19-4-6-20;/h7-8,12,15,19H,3-6,9H2,1-2H3;1H/t12-;/m1./s1. The van der Waals surface area contributed by atoms with Crippen molar-refractivity contribution in [3.8, 4) is 11.5 Å². The number of nitrogens with zero attached hydrogens (tertiary/aromatic N) is 1. The Morgan fingerprint density at radius 1 is 1.13 bits per heavy atom. The molecule has 1 heterocycles. The van der Waals surface area contributed by atoms with Gasteiger partial charge in [-0.3, -0.25) is 4.90 Å². The Bertz CT molecular complexity index is 500. The number of hydrogen-bond donors (Lipinski definition) is 1. The van der Waals surface area contributed by atoms with Crippen molar-refractivity contribution >= 4 is 12.4 Å². The fourth-order valence-corrected chi connectivity index (χ4v) is 2.76. The van der Waals surface area contributed by atoms with E-state index in [4.69, 9.17) is 9.47 Å². The lowest BCUT2D eigenvalue weighted by molar-refractivity contribution is 0.0724. The van der Waals surface area contributed by atoms with Crippen molar-refractivity contribution in [1.29, 1.82) is 0 Å². The van der Waals surface area contributed by atoms with Crippen LogP contribution in [0.25, 0.3) is 0 Å². The third kappa shape index (κ3) is 4.89. The molecule has 1 N–H and O–H groups in total. The van der Waals surface area contributed by atoms with E-state index in [9.17, 15) is 13.2 Å². The van der Waals surface area contributed by atoms with Crippen LogP contribution in [-0.4, -0.2) is 51.7 Å². The van der Waals surface area contributed by atoms with Crippen molar-refractivity contribution in [3.63, 3.8) is 0 Å². The van der Waals surface area contributed by atoms with E-state index in [1.165, 1.54) is 26.4 Å². The summed E-state index contributed by atoms with van der Waals surface area (Å²) in [4.78, 5) is 1.88. The van der Waals surface area contributed by atoms with Crippen LogP contribution >= 0.6 is 12.4 Å². The molecular formula is C15H22ClF3N2O2. The monoisotopic (exact) mass is 354 g/mol. The van der Waals surface area contributed by atoms with Crippen molar-refractivity contribution in [2.24, 2.45) is 0 Å². The summed E-state index contributed by atoms with van der Waals surface area (Å²) in [6.07, 6.45) is -2.92. The zero-order chi connectivity index (χ0) is 16.1. The molecule has 0 amide bonds. The van der Waals surface area contributed by atoms with Crippen LogP contribution in [0.3, 0.4) is 0 Å². The highest BCUT2D eigenvalue weighted by atomic mass is 35.5. The predicted octanol–water partition coefficient (Wildman–Crippen LogP) is 2.87. The summed E-state index contributed by atoms with van der Waals surface area (Å²) >= 11 is 0. The van der Waals surface area contributed by atoms with Crippen LogP contribution < -0.4 is 14.8 Å². The smallest absolute Gasteiger partial charge is 0.240 e. The van der Waals surface area contributed by atoms with Gasteiger partial charge >= 0.3 is 0 Å². The van der Waals surface area contributed by atoms with Crippen LogP contribution in [0.5, 0.6) is 11.5 Å². The maximum Gasteiger partial charge on any atom is 0.240 e. The first-order chi connectivity index (χ1) is 10.6. The van der Waals surface area contributed by atoms with Crippen LogP contribution in [0.4, 0.5) is 13.2 Å². The van der Waals surface area contributed by atoms with E-state index in [1.54, 1.807) is 0 Å². The van der Waals surface area contributed by atoms with Crippen LogP contribution in [0, 0.1) is 5.82 Å². The maximum absolute atomic E-state index is 14.4. The molecular weight excluding hydrogens is 333 g/mol. The molecule has 1 aromatic carbocycles. The Balaban J connectivity index is 0.00000264. The molecule has 1 aliphatic heterocycles. The average molecular weight is 355 g/mol. The molecule has 132 valence electrons. The second-order valence-corrected chi connectivity index (χ2v) is 5.16. The largest absolute Gasteiger partial charge is 0.493 e. The molecule has 0 spiro atoms. The van der Waals surface area contributed by atoms with Gasteiger partial charge in [-0.05, 0) is 6.07 Å². The van der Waals surface area contributed by atoms with Gasteiger partial charge in [-0.25, -0.2) is 13.2 Å². The third-order valence-electron chi connectivity index (χ3n) is 3.86. The Morgan fingerprint density at radius 2 is 1.70 bits per heavy atom. The SMILES string of the molecule is COc1cc(F)c([C@@H](CC(F)F)N2CCNCC2)cc1OC.Cl. The molecule has 23 heavy (non-hydrogen) atoms. The topological polar surface area (TPSA) is 33.7 Å². The quantitative estimate of drug-likeness (QED) is 0.851. The van der Waals surface area contributed by atoms with E-state index in [0.29, 0.717) is 31.9 Å². The van der Waals surface area contributed by atoms with Crippen LogP contribution in [0.2, 0.25) is 0 Å². The van der Waals surface area contributed by atoms with Gasteiger partial charge in [0.05, 0.1) is 14.2 Å².